The maximum Gasteiger partial charge on any atom is 0.303 e. The van der Waals surface area contributed by atoms with Gasteiger partial charge in [-0.15, -0.1) is 11.8 Å². The molecule has 0 spiro atoms. The summed E-state index contributed by atoms with van der Waals surface area (Å²) in [6, 6.07) is 1.56. The second-order valence-electron chi connectivity index (χ2n) is 7.00. The summed E-state index contributed by atoms with van der Waals surface area (Å²) in [5, 5.41) is 38.6. The van der Waals surface area contributed by atoms with Gasteiger partial charge in [0.1, 0.15) is 6.26 Å². The number of furan rings is 1. The van der Waals surface area contributed by atoms with Crippen molar-refractivity contribution in [2.45, 2.75) is 55.2 Å². The van der Waals surface area contributed by atoms with Crippen LogP contribution in [0.5, 0.6) is 0 Å². The van der Waals surface area contributed by atoms with E-state index in [0.717, 1.165) is 4.90 Å². The van der Waals surface area contributed by atoms with Gasteiger partial charge in [0, 0.05) is 29.0 Å². The van der Waals surface area contributed by atoms with Gasteiger partial charge < -0.3 is 24.9 Å². The normalized spacial score (nSPS) is 26.4. The van der Waals surface area contributed by atoms with Crippen LogP contribution in [0.3, 0.4) is 0 Å². The molecule has 1 heterocycles. The summed E-state index contributed by atoms with van der Waals surface area (Å²) in [7, 11) is 0. The number of nitrogens with one attached hydrogen (secondary N) is 1. The van der Waals surface area contributed by atoms with Crippen molar-refractivity contribution in [3.8, 4) is 0 Å². The Morgan fingerprint density at radius 3 is 2.93 bits per heavy atom. The lowest BCUT2D eigenvalue weighted by Gasteiger charge is -2.21. The standard InChI is InChI=1S/C20H29NO6S/c22-14(13-28-15-9-10-27-12-15)7-8-16-17(19(23)11-18(16)21-26)5-3-1-2-4-6-20(24)25/h1,3,7-10,12,14,16-19,21-23,26H,2,4-6,11,13H2,(H,24,25)/b3-1+,8-7+/t14-,16-,17-,18?,19+/m1/s1. The molecule has 8 heteroatoms. The quantitative estimate of drug-likeness (QED) is 0.154. The highest BCUT2D eigenvalue weighted by molar-refractivity contribution is 7.99. The number of allylic oxidation sites excluding steroid dienone is 2. The Hall–Kier alpha value is -1.58. The lowest BCUT2D eigenvalue weighted by molar-refractivity contribution is -0.137. The molecule has 1 saturated carbocycles. The van der Waals surface area contributed by atoms with Crippen molar-refractivity contribution in [3.63, 3.8) is 0 Å². The monoisotopic (exact) mass is 411 g/mol. The number of carboxylic acid groups (broad SMARTS) is 1. The average molecular weight is 412 g/mol. The summed E-state index contributed by atoms with van der Waals surface area (Å²) < 4.78 is 5.00. The third-order valence-electron chi connectivity index (χ3n) is 4.92. The number of aliphatic hydroxyl groups is 2. The van der Waals surface area contributed by atoms with E-state index in [4.69, 9.17) is 9.52 Å². The number of unbranched alkanes of at least 4 members (excludes halogenated alkanes) is 1. The fourth-order valence-corrected chi connectivity index (χ4v) is 4.20. The Morgan fingerprint density at radius 2 is 2.25 bits per heavy atom. The van der Waals surface area contributed by atoms with Crippen molar-refractivity contribution >= 4 is 17.7 Å². The van der Waals surface area contributed by atoms with Crippen molar-refractivity contribution in [2.75, 3.05) is 5.75 Å². The Labute approximate surface area is 169 Å². The second-order valence-corrected chi connectivity index (χ2v) is 8.09. The molecule has 1 aliphatic rings. The lowest BCUT2D eigenvalue weighted by Crippen LogP contribution is -2.30. The van der Waals surface area contributed by atoms with Crippen LogP contribution in [0.15, 0.2) is 52.2 Å². The van der Waals surface area contributed by atoms with Gasteiger partial charge >= 0.3 is 5.97 Å². The number of hydrogen-bond acceptors (Lipinski definition) is 7. The number of carboxylic acids is 1. The number of carbonyl (C=O) groups is 1. The molecule has 0 bridgehead atoms. The molecule has 1 unspecified atom stereocenters. The topological polar surface area (TPSA) is 123 Å². The minimum Gasteiger partial charge on any atom is -0.481 e. The van der Waals surface area contributed by atoms with Crippen LogP contribution >= 0.6 is 11.8 Å². The van der Waals surface area contributed by atoms with Gasteiger partial charge in [-0.25, -0.2) is 5.48 Å². The Bertz CT molecular complexity index is 633. The van der Waals surface area contributed by atoms with Crippen molar-refractivity contribution in [1.29, 1.82) is 0 Å². The number of thioether (sulfide) groups is 1. The summed E-state index contributed by atoms with van der Waals surface area (Å²) >= 11 is 1.49. The van der Waals surface area contributed by atoms with Crippen LogP contribution in [0.2, 0.25) is 0 Å². The first-order chi connectivity index (χ1) is 13.5. The van der Waals surface area contributed by atoms with Crippen LogP contribution in [0.1, 0.15) is 32.1 Å². The highest BCUT2D eigenvalue weighted by atomic mass is 32.2. The zero-order valence-corrected chi connectivity index (χ0v) is 16.5. The molecule has 156 valence electrons. The largest absolute Gasteiger partial charge is 0.481 e. The van der Waals surface area contributed by atoms with Gasteiger partial charge in [0.2, 0.25) is 0 Å². The van der Waals surface area contributed by atoms with E-state index in [1.807, 2.05) is 24.3 Å². The van der Waals surface area contributed by atoms with Crippen molar-refractivity contribution < 1.29 is 29.7 Å². The van der Waals surface area contributed by atoms with E-state index in [1.54, 1.807) is 18.6 Å². The van der Waals surface area contributed by atoms with Crippen LogP contribution in [-0.2, 0) is 4.79 Å². The average Bonchev–Trinajstić information content (AvgIpc) is 3.28. The first-order valence-electron chi connectivity index (χ1n) is 9.47. The van der Waals surface area contributed by atoms with E-state index in [1.165, 1.54) is 11.8 Å². The van der Waals surface area contributed by atoms with Gasteiger partial charge in [-0.1, -0.05) is 24.3 Å². The molecule has 1 aromatic rings. The minimum absolute atomic E-state index is 0.0784. The molecule has 0 aromatic carbocycles. The number of hydrogen-bond donors (Lipinski definition) is 5. The summed E-state index contributed by atoms with van der Waals surface area (Å²) in [5.74, 6) is -0.509. The van der Waals surface area contributed by atoms with Crippen LogP contribution < -0.4 is 5.48 Å². The zero-order valence-electron chi connectivity index (χ0n) is 15.7. The first-order valence-corrected chi connectivity index (χ1v) is 10.5. The van der Waals surface area contributed by atoms with Gasteiger partial charge in [0.05, 0.1) is 18.5 Å². The maximum atomic E-state index is 10.5. The SMILES string of the molecule is O=C(O)CCC/C=C/C[C@H]1[C@@H](O)CC(NO)[C@@H]1/C=C/[C@@H](O)CSc1ccoc1. The second kappa shape index (κ2) is 12.1. The third-order valence-corrected chi connectivity index (χ3v) is 6.00. The molecule has 0 saturated heterocycles. The highest BCUT2D eigenvalue weighted by Gasteiger charge is 2.40. The summed E-state index contributed by atoms with van der Waals surface area (Å²) in [6.45, 7) is 0. The smallest absolute Gasteiger partial charge is 0.303 e. The van der Waals surface area contributed by atoms with Gasteiger partial charge in [-0.05, 0) is 37.7 Å². The van der Waals surface area contributed by atoms with E-state index in [-0.39, 0.29) is 24.3 Å². The lowest BCUT2D eigenvalue weighted by atomic mass is 9.89. The predicted octanol–water partition coefficient (Wildman–Crippen LogP) is 2.83. The van der Waals surface area contributed by atoms with Gasteiger partial charge in [0.15, 0.2) is 0 Å². The molecule has 1 aliphatic carbocycles. The molecule has 5 N–H and O–H groups in total. The molecular formula is C20H29NO6S. The summed E-state index contributed by atoms with van der Waals surface area (Å²) in [5.41, 5.74) is 2.28. The molecule has 7 nitrogen and oxygen atoms in total. The van der Waals surface area contributed by atoms with Gasteiger partial charge in [-0.3, -0.25) is 4.79 Å². The molecule has 0 amide bonds. The fraction of sp³-hybridized carbons (Fsp3) is 0.550. The van der Waals surface area contributed by atoms with Crippen LogP contribution in [0.25, 0.3) is 0 Å². The highest BCUT2D eigenvalue weighted by Crippen LogP contribution is 2.36. The minimum atomic E-state index is -0.800. The Morgan fingerprint density at radius 1 is 1.43 bits per heavy atom. The Kier molecular flexibility index (Phi) is 9.80. The van der Waals surface area contributed by atoms with E-state index in [9.17, 15) is 20.2 Å². The van der Waals surface area contributed by atoms with Crippen LogP contribution in [-0.4, -0.2) is 50.5 Å². The fourth-order valence-electron chi connectivity index (χ4n) is 3.45. The summed E-state index contributed by atoms with van der Waals surface area (Å²) in [4.78, 5) is 11.5. The van der Waals surface area contributed by atoms with E-state index < -0.39 is 18.2 Å². The number of hydroxylamine groups is 1. The zero-order chi connectivity index (χ0) is 20.4. The predicted molar refractivity (Wildman–Crippen MR) is 106 cm³/mol. The van der Waals surface area contributed by atoms with E-state index in [0.29, 0.717) is 31.4 Å². The van der Waals surface area contributed by atoms with Gasteiger partial charge in [0.25, 0.3) is 0 Å². The van der Waals surface area contributed by atoms with Crippen molar-refractivity contribution in [3.05, 3.63) is 42.9 Å². The Balaban J connectivity index is 1.86. The van der Waals surface area contributed by atoms with Crippen LogP contribution in [0.4, 0.5) is 0 Å². The maximum absolute atomic E-state index is 10.5. The molecular weight excluding hydrogens is 382 g/mol. The summed E-state index contributed by atoms with van der Waals surface area (Å²) in [6.07, 6.45) is 12.0. The van der Waals surface area contributed by atoms with Crippen molar-refractivity contribution in [2.24, 2.45) is 11.8 Å². The number of aliphatic carboxylic acids is 1. The first kappa shape index (κ1) is 22.7. The number of aliphatic hydroxyl groups excluding tert-OH is 2. The van der Waals surface area contributed by atoms with Crippen LogP contribution in [0, 0.1) is 11.8 Å². The molecule has 1 aromatic heterocycles. The molecule has 0 radical (unpaired) electrons. The molecule has 5 atom stereocenters. The molecule has 2 rings (SSSR count). The van der Waals surface area contributed by atoms with E-state index in [2.05, 4.69) is 5.48 Å². The molecule has 0 aliphatic heterocycles. The van der Waals surface area contributed by atoms with Crippen molar-refractivity contribution in [1.82, 2.24) is 5.48 Å². The third kappa shape index (κ3) is 7.44. The van der Waals surface area contributed by atoms with E-state index >= 15 is 0 Å². The van der Waals surface area contributed by atoms with Gasteiger partial charge in [-0.2, -0.15) is 0 Å². The molecule has 1 fully saturated rings. The molecule has 28 heavy (non-hydrogen) atoms. The number of rotatable bonds is 12.